The molecule has 1 aromatic heterocycles. The van der Waals surface area contributed by atoms with Crippen LogP contribution in [0.2, 0.25) is 0 Å². The fourth-order valence-electron chi connectivity index (χ4n) is 2.98. The predicted octanol–water partition coefficient (Wildman–Crippen LogP) is 3.96. The summed E-state index contributed by atoms with van der Waals surface area (Å²) in [6, 6.07) is 8.02. The van der Waals surface area contributed by atoms with Gasteiger partial charge in [0.25, 0.3) is 5.91 Å². The molecule has 1 aliphatic rings. The largest absolute Gasteiger partial charge is 0.372 e. The molecule has 5 nitrogen and oxygen atoms in total. The highest BCUT2D eigenvalue weighted by Crippen LogP contribution is 2.25. The monoisotopic (exact) mass is 313 g/mol. The molecular weight excluding hydrogens is 290 g/mol. The van der Waals surface area contributed by atoms with Gasteiger partial charge in [-0.15, -0.1) is 0 Å². The Morgan fingerprint density at radius 3 is 2.48 bits per heavy atom. The number of aromatic nitrogens is 1. The van der Waals surface area contributed by atoms with Crippen LogP contribution in [-0.4, -0.2) is 24.2 Å². The molecule has 1 amide bonds. The number of rotatable bonds is 4. The molecule has 0 spiro atoms. The second-order valence-electron chi connectivity index (χ2n) is 6.36. The molecule has 1 aliphatic heterocycles. The van der Waals surface area contributed by atoms with Gasteiger partial charge < -0.3 is 14.7 Å². The number of carbonyl (C=O) groups is 1. The van der Waals surface area contributed by atoms with E-state index in [2.05, 4.69) is 27.5 Å². The van der Waals surface area contributed by atoms with E-state index in [0.717, 1.165) is 18.8 Å². The maximum absolute atomic E-state index is 12.5. The molecule has 3 rings (SSSR count). The molecule has 0 atom stereocenters. The number of anilines is 2. The van der Waals surface area contributed by atoms with Crippen LogP contribution in [-0.2, 0) is 0 Å². The van der Waals surface area contributed by atoms with Crippen LogP contribution in [0.1, 0.15) is 54.4 Å². The summed E-state index contributed by atoms with van der Waals surface area (Å²) in [6.07, 6.45) is 2.51. The second-order valence-corrected chi connectivity index (χ2v) is 6.36. The lowest BCUT2D eigenvalue weighted by Gasteiger charge is -2.17. The number of amides is 1. The second kappa shape index (κ2) is 6.44. The average Bonchev–Trinajstić information content (AvgIpc) is 3.17. The fourth-order valence-corrected chi connectivity index (χ4v) is 2.98. The number of aryl methyl sites for hydroxylation is 1. The molecule has 2 heterocycles. The summed E-state index contributed by atoms with van der Waals surface area (Å²) in [4.78, 5) is 14.9. The zero-order valence-electron chi connectivity index (χ0n) is 13.9. The van der Waals surface area contributed by atoms with Crippen LogP contribution in [0.3, 0.4) is 0 Å². The minimum Gasteiger partial charge on any atom is -0.372 e. The van der Waals surface area contributed by atoms with Crippen LogP contribution >= 0.6 is 0 Å². The highest BCUT2D eigenvalue weighted by Gasteiger charge is 2.22. The van der Waals surface area contributed by atoms with E-state index in [-0.39, 0.29) is 11.8 Å². The number of hydrogen-bond donors (Lipinski definition) is 1. The molecule has 1 aromatic carbocycles. The van der Waals surface area contributed by atoms with Crippen LogP contribution in [0.5, 0.6) is 0 Å². The predicted molar refractivity (Wildman–Crippen MR) is 91.2 cm³/mol. The summed E-state index contributed by atoms with van der Waals surface area (Å²) in [5, 5.41) is 6.87. The molecule has 0 saturated carbocycles. The summed E-state index contributed by atoms with van der Waals surface area (Å²) in [6.45, 7) is 8.00. The number of nitrogens with one attached hydrogen (secondary N) is 1. The molecule has 0 unspecified atom stereocenters. The van der Waals surface area contributed by atoms with Crippen LogP contribution in [0.25, 0.3) is 0 Å². The molecule has 122 valence electrons. The summed E-state index contributed by atoms with van der Waals surface area (Å²) in [7, 11) is 0. The summed E-state index contributed by atoms with van der Waals surface area (Å²) < 4.78 is 5.28. The molecule has 0 bridgehead atoms. The Balaban J connectivity index is 1.74. The van der Waals surface area contributed by atoms with E-state index in [4.69, 9.17) is 4.52 Å². The van der Waals surface area contributed by atoms with Gasteiger partial charge in [0.2, 0.25) is 0 Å². The van der Waals surface area contributed by atoms with Gasteiger partial charge in [0.05, 0.1) is 5.69 Å². The van der Waals surface area contributed by atoms with Gasteiger partial charge in [0, 0.05) is 30.4 Å². The molecule has 23 heavy (non-hydrogen) atoms. The van der Waals surface area contributed by atoms with Crippen LogP contribution in [0.15, 0.2) is 28.8 Å². The van der Waals surface area contributed by atoms with Crippen LogP contribution in [0, 0.1) is 6.92 Å². The van der Waals surface area contributed by atoms with E-state index in [9.17, 15) is 4.79 Å². The molecule has 0 radical (unpaired) electrons. The van der Waals surface area contributed by atoms with E-state index in [1.165, 1.54) is 18.5 Å². The molecule has 0 aliphatic carbocycles. The lowest BCUT2D eigenvalue weighted by molar-refractivity contribution is 0.102. The van der Waals surface area contributed by atoms with Crippen molar-refractivity contribution in [3.05, 3.63) is 41.3 Å². The first-order valence-electron chi connectivity index (χ1n) is 8.19. The van der Waals surface area contributed by atoms with Crippen molar-refractivity contribution in [2.24, 2.45) is 0 Å². The van der Waals surface area contributed by atoms with Crippen molar-refractivity contribution in [3.8, 4) is 0 Å². The Kier molecular flexibility index (Phi) is 4.37. The lowest BCUT2D eigenvalue weighted by atomic mass is 10.0. The summed E-state index contributed by atoms with van der Waals surface area (Å²) in [5.41, 5.74) is 3.17. The first-order valence-corrected chi connectivity index (χ1v) is 8.19. The van der Waals surface area contributed by atoms with Crippen LogP contribution < -0.4 is 10.2 Å². The first-order chi connectivity index (χ1) is 11.1. The van der Waals surface area contributed by atoms with Gasteiger partial charge in [-0.1, -0.05) is 19.0 Å². The van der Waals surface area contributed by atoms with E-state index < -0.39 is 0 Å². The van der Waals surface area contributed by atoms with E-state index in [1.807, 2.05) is 26.0 Å². The van der Waals surface area contributed by atoms with E-state index >= 15 is 0 Å². The van der Waals surface area contributed by atoms with Crippen molar-refractivity contribution in [3.63, 3.8) is 0 Å². The van der Waals surface area contributed by atoms with E-state index in [0.29, 0.717) is 17.0 Å². The number of nitrogens with zero attached hydrogens (tertiary/aromatic N) is 2. The Morgan fingerprint density at radius 2 is 1.87 bits per heavy atom. The van der Waals surface area contributed by atoms with Crippen LogP contribution in [0.4, 0.5) is 11.4 Å². The lowest BCUT2D eigenvalue weighted by Crippen LogP contribution is -2.18. The van der Waals surface area contributed by atoms with Crippen molar-refractivity contribution < 1.29 is 9.32 Å². The first kappa shape index (κ1) is 15.6. The van der Waals surface area contributed by atoms with Gasteiger partial charge in [-0.3, -0.25) is 4.79 Å². The van der Waals surface area contributed by atoms with Gasteiger partial charge in [0.15, 0.2) is 5.76 Å². The minimum absolute atomic E-state index is 0.120. The molecule has 2 aromatic rings. The third kappa shape index (κ3) is 3.23. The zero-order valence-corrected chi connectivity index (χ0v) is 13.9. The smallest absolute Gasteiger partial charge is 0.261 e. The third-order valence-corrected chi connectivity index (χ3v) is 4.24. The molecule has 1 fully saturated rings. The van der Waals surface area contributed by atoms with Crippen molar-refractivity contribution in [2.45, 2.75) is 39.5 Å². The SMILES string of the molecule is Cc1noc(C(C)C)c1C(=O)Nc1ccc(N2CCCC2)cc1. The Morgan fingerprint density at radius 1 is 1.22 bits per heavy atom. The molecule has 1 saturated heterocycles. The normalized spacial score (nSPS) is 14.5. The highest BCUT2D eigenvalue weighted by atomic mass is 16.5. The quantitative estimate of drug-likeness (QED) is 0.928. The minimum atomic E-state index is -0.165. The number of benzene rings is 1. The van der Waals surface area contributed by atoms with Gasteiger partial charge in [-0.05, 0) is 44.0 Å². The van der Waals surface area contributed by atoms with Crippen molar-refractivity contribution >= 4 is 17.3 Å². The fraction of sp³-hybridized carbons (Fsp3) is 0.444. The Bertz CT molecular complexity index is 683. The maximum Gasteiger partial charge on any atom is 0.261 e. The summed E-state index contributed by atoms with van der Waals surface area (Å²) >= 11 is 0. The topological polar surface area (TPSA) is 58.4 Å². The van der Waals surface area contributed by atoms with Gasteiger partial charge in [-0.25, -0.2) is 0 Å². The summed E-state index contributed by atoms with van der Waals surface area (Å²) in [5.74, 6) is 0.588. The van der Waals surface area contributed by atoms with E-state index in [1.54, 1.807) is 6.92 Å². The Hall–Kier alpha value is -2.30. The van der Waals surface area contributed by atoms with Crippen molar-refractivity contribution in [2.75, 3.05) is 23.3 Å². The number of carbonyl (C=O) groups excluding carboxylic acids is 1. The maximum atomic E-state index is 12.5. The van der Waals surface area contributed by atoms with Gasteiger partial charge in [0.1, 0.15) is 5.56 Å². The van der Waals surface area contributed by atoms with Crippen molar-refractivity contribution in [1.82, 2.24) is 5.16 Å². The Labute approximate surface area is 136 Å². The van der Waals surface area contributed by atoms with Gasteiger partial charge in [-0.2, -0.15) is 0 Å². The van der Waals surface area contributed by atoms with Crippen molar-refractivity contribution in [1.29, 1.82) is 0 Å². The standard InChI is InChI=1S/C18H23N3O2/c1-12(2)17-16(13(3)20-23-17)18(22)19-14-6-8-15(9-7-14)21-10-4-5-11-21/h6-9,12H,4-5,10-11H2,1-3H3,(H,19,22). The highest BCUT2D eigenvalue weighted by molar-refractivity contribution is 6.05. The zero-order chi connectivity index (χ0) is 16.4. The average molecular weight is 313 g/mol. The third-order valence-electron chi connectivity index (χ3n) is 4.24. The van der Waals surface area contributed by atoms with Gasteiger partial charge >= 0.3 is 0 Å². The number of hydrogen-bond acceptors (Lipinski definition) is 4. The molecule has 5 heteroatoms. The molecule has 1 N–H and O–H groups in total. The molecular formula is C18H23N3O2.